The molecule has 0 aliphatic heterocycles. The van der Waals surface area contributed by atoms with Gasteiger partial charge in [-0.1, -0.05) is 0 Å². The SMILES string of the molecule is COC(=O)CNC(=O)C(CSSCC(=O)NCCCCCP(Br)(c1ccccc1)(c1ccccc1)c1ccccc1)NC(=O)CCC(N)C(=O)OC. The van der Waals surface area contributed by atoms with Gasteiger partial charge in [0.25, 0.3) is 0 Å². The molecule has 282 valence electrons. The number of rotatable bonds is 22. The Morgan fingerprint density at radius 3 is 1.83 bits per heavy atom. The molecule has 0 radical (unpaired) electrons. The maximum atomic E-state index is 12.7. The second kappa shape index (κ2) is 21.9. The van der Waals surface area contributed by atoms with Gasteiger partial charge in [0.1, 0.15) is 12.6 Å². The van der Waals surface area contributed by atoms with Crippen molar-refractivity contribution in [2.24, 2.45) is 5.73 Å². The summed E-state index contributed by atoms with van der Waals surface area (Å²) in [5, 5.41) is 8.88. The molecule has 0 bridgehead atoms. The quantitative estimate of drug-likeness (QED) is 0.0510. The van der Waals surface area contributed by atoms with E-state index in [4.69, 9.17) is 5.73 Å². The molecule has 2 unspecified atom stereocenters. The van der Waals surface area contributed by atoms with E-state index in [0.717, 1.165) is 25.4 Å². The van der Waals surface area contributed by atoms with Crippen LogP contribution in [0.15, 0.2) is 91.0 Å². The fourth-order valence-corrected chi connectivity index (χ4v) is 15.4. The number of amides is 3. The maximum Gasteiger partial charge on any atom is 0.322 e. The molecule has 0 aromatic heterocycles. The predicted molar refractivity (Wildman–Crippen MR) is 217 cm³/mol. The Morgan fingerprint density at radius 1 is 0.750 bits per heavy atom. The molecule has 3 amide bonds. The summed E-state index contributed by atoms with van der Waals surface area (Å²) in [6.07, 6.45) is 3.53. The first-order chi connectivity index (χ1) is 25.0. The molecule has 3 rings (SSSR count). The zero-order valence-corrected chi connectivity index (χ0v) is 33.6. The number of ether oxygens (including phenoxy) is 2. The largest absolute Gasteiger partial charge is 0.468 e. The van der Waals surface area contributed by atoms with Crippen LogP contribution in [-0.2, 0) is 33.4 Å². The van der Waals surface area contributed by atoms with E-state index in [-0.39, 0.29) is 36.8 Å². The van der Waals surface area contributed by atoms with Crippen molar-refractivity contribution in [3.8, 4) is 0 Å². The summed E-state index contributed by atoms with van der Waals surface area (Å²) in [6.45, 7) is 0.172. The molecule has 3 aromatic rings. The van der Waals surface area contributed by atoms with Crippen LogP contribution in [-0.4, -0.2) is 86.7 Å². The van der Waals surface area contributed by atoms with Crippen molar-refractivity contribution in [3.05, 3.63) is 91.0 Å². The minimum atomic E-state index is -2.98. The summed E-state index contributed by atoms with van der Waals surface area (Å²) in [7, 11) is 4.89. The van der Waals surface area contributed by atoms with Crippen LogP contribution in [0.2, 0.25) is 0 Å². The topological polar surface area (TPSA) is 166 Å². The van der Waals surface area contributed by atoms with Crippen LogP contribution in [0.5, 0.6) is 0 Å². The number of nitrogens with two attached hydrogens (primary N) is 1. The first kappa shape index (κ1) is 43.0. The summed E-state index contributed by atoms with van der Waals surface area (Å²) >= 11 is 4.48. The van der Waals surface area contributed by atoms with Gasteiger partial charge in [-0.05, 0) is 6.42 Å². The smallest absolute Gasteiger partial charge is 0.322 e. The summed E-state index contributed by atoms with van der Waals surface area (Å²) in [4.78, 5) is 60.9. The Morgan fingerprint density at radius 2 is 1.31 bits per heavy atom. The van der Waals surface area contributed by atoms with Crippen LogP contribution >= 0.6 is 42.4 Å². The zero-order chi connectivity index (χ0) is 37.8. The number of carbonyl (C=O) groups excluding carboxylic acids is 5. The number of esters is 2. The molecule has 3 aromatic carbocycles. The first-order valence-electron chi connectivity index (χ1n) is 16.9. The van der Waals surface area contributed by atoms with Crippen molar-refractivity contribution in [1.29, 1.82) is 0 Å². The Kier molecular flexibility index (Phi) is 18.1. The van der Waals surface area contributed by atoms with Crippen molar-refractivity contribution in [1.82, 2.24) is 16.0 Å². The number of benzene rings is 3. The fraction of sp³-hybridized carbons (Fsp3) is 0.378. The molecule has 0 spiro atoms. The van der Waals surface area contributed by atoms with E-state index >= 15 is 0 Å². The molecule has 0 saturated carbocycles. The van der Waals surface area contributed by atoms with Gasteiger partial charge in [-0.15, -0.1) is 0 Å². The fourth-order valence-electron chi connectivity index (χ4n) is 5.61. The van der Waals surface area contributed by atoms with Gasteiger partial charge in [0.05, 0.1) is 14.2 Å². The Bertz CT molecular complexity index is 1510. The number of halogens is 1. The van der Waals surface area contributed by atoms with Crippen LogP contribution in [0.3, 0.4) is 0 Å². The van der Waals surface area contributed by atoms with E-state index < -0.39 is 41.1 Å². The van der Waals surface area contributed by atoms with Gasteiger partial charge in [0.2, 0.25) is 11.8 Å². The van der Waals surface area contributed by atoms with E-state index in [1.165, 1.54) is 51.7 Å². The van der Waals surface area contributed by atoms with Gasteiger partial charge in [0.15, 0.2) is 0 Å². The summed E-state index contributed by atoms with van der Waals surface area (Å²) < 4.78 is 9.13. The number of hydrogen-bond donors (Lipinski definition) is 4. The molecule has 0 heterocycles. The summed E-state index contributed by atoms with van der Waals surface area (Å²) in [5.74, 6) is -2.23. The van der Waals surface area contributed by atoms with E-state index in [0.29, 0.717) is 6.54 Å². The molecule has 5 N–H and O–H groups in total. The molecule has 0 aliphatic carbocycles. The third kappa shape index (κ3) is 12.3. The summed E-state index contributed by atoms with van der Waals surface area (Å²) in [5.41, 5.74) is 5.71. The number of hydrogen-bond acceptors (Lipinski definition) is 10. The average Bonchev–Trinajstić information content (AvgIpc) is 3.18. The Hall–Kier alpha value is -3.42. The van der Waals surface area contributed by atoms with Crippen LogP contribution in [0.25, 0.3) is 0 Å². The van der Waals surface area contributed by atoms with Crippen molar-refractivity contribution < 1.29 is 33.4 Å². The minimum absolute atomic E-state index is 0.0310. The van der Waals surface area contributed by atoms with Crippen LogP contribution in [0.1, 0.15) is 32.1 Å². The maximum absolute atomic E-state index is 12.7. The number of carbonyl (C=O) groups is 5. The molecule has 11 nitrogen and oxygen atoms in total. The monoisotopic (exact) mass is 834 g/mol. The normalized spacial score (nSPS) is 13.0. The van der Waals surface area contributed by atoms with Gasteiger partial charge in [-0.25, -0.2) is 0 Å². The minimum Gasteiger partial charge on any atom is -0.468 e. The molecular formula is C37H48BrN4O7PS2. The second-order valence-electron chi connectivity index (χ2n) is 12.0. The van der Waals surface area contributed by atoms with Gasteiger partial charge < -0.3 is 25.8 Å². The van der Waals surface area contributed by atoms with Gasteiger partial charge >= 0.3 is 227 Å². The third-order valence-electron chi connectivity index (χ3n) is 8.44. The van der Waals surface area contributed by atoms with E-state index in [9.17, 15) is 24.0 Å². The van der Waals surface area contributed by atoms with Crippen molar-refractivity contribution in [2.45, 2.75) is 44.2 Å². The Labute approximate surface area is 321 Å². The van der Waals surface area contributed by atoms with Crippen molar-refractivity contribution >= 4 is 88.0 Å². The molecule has 0 aliphatic rings. The molecule has 0 saturated heterocycles. The van der Waals surface area contributed by atoms with E-state index in [2.05, 4.69) is 114 Å². The van der Waals surface area contributed by atoms with Crippen molar-refractivity contribution in [2.75, 3.05) is 45.0 Å². The standard InChI is InChI=1S/C37H48BrN4O7PS2/c1-48-35(45)25-41-36(46)32(42-33(43)22-21-31(39)37(47)49-2)26-51-52-27-34(44)40-23-13-6-14-24-50(38,28-15-7-3-8-16-28,29-17-9-4-10-18-29)30-19-11-5-12-20-30/h3-5,7-12,15-20,31-32H,6,13-14,21-27,39H2,1-2H3,(H,40,44)(H,41,46)(H,42,43). The molecule has 52 heavy (non-hydrogen) atoms. The molecule has 0 fully saturated rings. The van der Waals surface area contributed by atoms with E-state index in [1.807, 2.05) is 18.2 Å². The van der Waals surface area contributed by atoms with Crippen LogP contribution < -0.4 is 37.6 Å². The van der Waals surface area contributed by atoms with E-state index in [1.54, 1.807) is 0 Å². The number of methoxy groups -OCH3 is 2. The summed E-state index contributed by atoms with van der Waals surface area (Å²) in [6, 6.07) is 30.0. The van der Waals surface area contributed by atoms with Gasteiger partial charge in [-0.3, -0.25) is 19.2 Å². The van der Waals surface area contributed by atoms with Crippen molar-refractivity contribution in [3.63, 3.8) is 0 Å². The molecule has 2 atom stereocenters. The average molecular weight is 836 g/mol. The Balaban J connectivity index is 1.50. The third-order valence-corrected chi connectivity index (χ3v) is 20.7. The second-order valence-corrected chi connectivity index (χ2v) is 23.5. The van der Waals surface area contributed by atoms with Gasteiger partial charge in [0, 0.05) is 6.42 Å². The first-order valence-corrected chi connectivity index (χ1v) is 23.8. The van der Waals surface area contributed by atoms with Gasteiger partial charge in [-0.2, -0.15) is 0 Å². The predicted octanol–water partition coefficient (Wildman–Crippen LogP) is 3.55. The molecule has 15 heteroatoms. The number of unbranched alkanes of at least 4 members (excludes halogenated alkanes) is 2. The zero-order valence-electron chi connectivity index (χ0n) is 29.5. The number of nitrogens with one attached hydrogen (secondary N) is 3. The van der Waals surface area contributed by atoms with Crippen LogP contribution in [0, 0.1) is 0 Å². The van der Waals surface area contributed by atoms with Crippen LogP contribution in [0.4, 0.5) is 0 Å². The molecular weight excluding hydrogens is 787 g/mol.